The second-order valence-electron chi connectivity index (χ2n) is 6.65. The Morgan fingerprint density at radius 2 is 2.03 bits per heavy atom. The van der Waals surface area contributed by atoms with Crippen molar-refractivity contribution in [2.75, 3.05) is 4.72 Å². The standard InChI is InChI=1S/C20H15N3O4S2/c21-11-12-1-5-16(19-22-7-8-28-19)17(9-12)23-29(26,27)18-10-14(20(24)25)4-6-15(18)13-2-3-13/h1,4-10,13,23H,2-3H2,(H,24,25). The van der Waals surface area contributed by atoms with Gasteiger partial charge in [-0.3, -0.25) is 4.72 Å². The minimum absolute atomic E-state index is 0.0488. The predicted molar refractivity (Wildman–Crippen MR) is 108 cm³/mol. The number of sulfonamides is 1. The highest BCUT2D eigenvalue weighted by molar-refractivity contribution is 7.92. The van der Waals surface area contributed by atoms with Crippen LogP contribution in [0.15, 0.2) is 52.9 Å². The lowest BCUT2D eigenvalue weighted by Crippen LogP contribution is -2.16. The van der Waals surface area contributed by atoms with Gasteiger partial charge in [0.1, 0.15) is 5.01 Å². The summed E-state index contributed by atoms with van der Waals surface area (Å²) in [5.41, 5.74) is 1.58. The van der Waals surface area contributed by atoms with Crippen molar-refractivity contribution >= 4 is 33.0 Å². The fourth-order valence-corrected chi connectivity index (χ4v) is 5.15. The van der Waals surface area contributed by atoms with Gasteiger partial charge in [-0.05, 0) is 54.7 Å². The van der Waals surface area contributed by atoms with Crippen LogP contribution in [0.25, 0.3) is 10.6 Å². The van der Waals surface area contributed by atoms with E-state index in [1.807, 2.05) is 6.07 Å². The number of aromatic nitrogens is 1. The van der Waals surface area contributed by atoms with E-state index in [1.54, 1.807) is 29.8 Å². The van der Waals surface area contributed by atoms with Gasteiger partial charge in [-0.15, -0.1) is 11.3 Å². The SMILES string of the molecule is N#Cc1ccc(-c2nccs2)c(NS(=O)(=O)c2cc(C(=O)O)ccc2C2CC2)c1. The zero-order valence-corrected chi connectivity index (χ0v) is 16.6. The molecular formula is C20H15N3O4S2. The van der Waals surface area contributed by atoms with Crippen LogP contribution in [0.1, 0.15) is 40.2 Å². The molecule has 2 N–H and O–H groups in total. The average molecular weight is 425 g/mol. The highest BCUT2D eigenvalue weighted by atomic mass is 32.2. The second kappa shape index (κ2) is 7.31. The van der Waals surface area contributed by atoms with E-state index in [0.29, 0.717) is 21.7 Å². The molecular weight excluding hydrogens is 410 g/mol. The molecule has 1 aliphatic carbocycles. The van der Waals surface area contributed by atoms with E-state index in [0.717, 1.165) is 12.8 Å². The first-order valence-corrected chi connectivity index (χ1v) is 11.1. The first-order valence-electron chi connectivity index (χ1n) is 8.73. The summed E-state index contributed by atoms with van der Waals surface area (Å²) in [6, 6.07) is 10.9. The molecule has 1 aliphatic rings. The van der Waals surface area contributed by atoms with Crippen LogP contribution in [0.3, 0.4) is 0 Å². The van der Waals surface area contributed by atoms with Crippen LogP contribution in [-0.2, 0) is 10.0 Å². The Kier molecular flexibility index (Phi) is 4.82. The van der Waals surface area contributed by atoms with Gasteiger partial charge < -0.3 is 5.11 Å². The fourth-order valence-electron chi connectivity index (χ4n) is 3.07. The molecule has 4 rings (SSSR count). The number of thiazole rings is 1. The van der Waals surface area contributed by atoms with Crippen LogP contribution in [-0.4, -0.2) is 24.5 Å². The lowest BCUT2D eigenvalue weighted by atomic mass is 10.1. The fraction of sp³-hybridized carbons (Fsp3) is 0.150. The second-order valence-corrected chi connectivity index (χ2v) is 9.19. The zero-order valence-electron chi connectivity index (χ0n) is 15.0. The lowest BCUT2D eigenvalue weighted by Gasteiger charge is -2.15. The summed E-state index contributed by atoms with van der Waals surface area (Å²) in [6.07, 6.45) is 3.34. The third kappa shape index (κ3) is 3.85. The maximum Gasteiger partial charge on any atom is 0.335 e. The van der Waals surface area contributed by atoms with Crippen molar-refractivity contribution in [3.8, 4) is 16.6 Å². The molecule has 146 valence electrons. The number of hydrogen-bond donors (Lipinski definition) is 2. The summed E-state index contributed by atoms with van der Waals surface area (Å²) in [5, 5.41) is 20.9. The molecule has 1 saturated carbocycles. The largest absolute Gasteiger partial charge is 0.478 e. The Balaban J connectivity index is 1.82. The van der Waals surface area contributed by atoms with E-state index in [4.69, 9.17) is 0 Å². The van der Waals surface area contributed by atoms with Gasteiger partial charge in [0.15, 0.2) is 0 Å². The lowest BCUT2D eigenvalue weighted by molar-refractivity contribution is 0.0696. The molecule has 0 radical (unpaired) electrons. The molecule has 1 fully saturated rings. The van der Waals surface area contributed by atoms with E-state index in [2.05, 4.69) is 9.71 Å². The Morgan fingerprint density at radius 1 is 1.24 bits per heavy atom. The number of benzene rings is 2. The van der Waals surface area contributed by atoms with Gasteiger partial charge in [0.2, 0.25) is 0 Å². The van der Waals surface area contributed by atoms with Crippen molar-refractivity contribution in [2.24, 2.45) is 0 Å². The number of carboxylic acids is 1. The van der Waals surface area contributed by atoms with Crippen LogP contribution >= 0.6 is 11.3 Å². The quantitative estimate of drug-likeness (QED) is 0.614. The molecule has 0 amide bonds. The molecule has 1 aromatic heterocycles. The monoisotopic (exact) mass is 425 g/mol. The van der Waals surface area contributed by atoms with Crippen molar-refractivity contribution in [1.29, 1.82) is 5.26 Å². The van der Waals surface area contributed by atoms with E-state index in [1.165, 1.54) is 29.5 Å². The van der Waals surface area contributed by atoms with Gasteiger partial charge >= 0.3 is 5.97 Å². The van der Waals surface area contributed by atoms with Crippen LogP contribution in [0, 0.1) is 11.3 Å². The number of nitrogens with one attached hydrogen (secondary N) is 1. The number of aromatic carboxylic acids is 1. The molecule has 0 bridgehead atoms. The van der Waals surface area contributed by atoms with Crippen LogP contribution in [0.2, 0.25) is 0 Å². The summed E-state index contributed by atoms with van der Waals surface area (Å²) in [5.74, 6) is -1.09. The first kappa shape index (κ1) is 19.1. The molecule has 7 nitrogen and oxygen atoms in total. The average Bonchev–Trinajstić information content (AvgIpc) is 3.41. The molecule has 9 heteroatoms. The number of nitrogens with zero attached hydrogens (tertiary/aromatic N) is 2. The molecule has 2 aromatic carbocycles. The van der Waals surface area contributed by atoms with Gasteiger partial charge in [-0.25, -0.2) is 18.2 Å². The summed E-state index contributed by atoms with van der Waals surface area (Å²) in [6.45, 7) is 0. The molecule has 0 unspecified atom stereocenters. The third-order valence-corrected chi connectivity index (χ3v) is 6.85. The van der Waals surface area contributed by atoms with E-state index in [-0.39, 0.29) is 22.1 Å². The maximum absolute atomic E-state index is 13.2. The normalized spacial score (nSPS) is 13.6. The van der Waals surface area contributed by atoms with Crippen LogP contribution in [0.5, 0.6) is 0 Å². The smallest absolute Gasteiger partial charge is 0.335 e. The van der Waals surface area contributed by atoms with Gasteiger partial charge in [0.05, 0.1) is 27.8 Å². The number of hydrogen-bond acceptors (Lipinski definition) is 6. The van der Waals surface area contributed by atoms with Crippen molar-refractivity contribution in [3.05, 3.63) is 64.7 Å². The molecule has 29 heavy (non-hydrogen) atoms. The number of anilines is 1. The predicted octanol–water partition coefficient (Wildman–Crippen LogP) is 4.06. The minimum atomic E-state index is -4.09. The molecule has 0 aliphatic heterocycles. The number of carbonyl (C=O) groups is 1. The van der Waals surface area contributed by atoms with E-state index in [9.17, 15) is 23.6 Å². The minimum Gasteiger partial charge on any atom is -0.478 e. The van der Waals surface area contributed by atoms with Crippen molar-refractivity contribution < 1.29 is 18.3 Å². The highest BCUT2D eigenvalue weighted by Gasteiger charge is 2.31. The number of nitriles is 1. The molecule has 0 saturated heterocycles. The topological polar surface area (TPSA) is 120 Å². The van der Waals surface area contributed by atoms with Gasteiger partial charge in [-0.2, -0.15) is 5.26 Å². The Labute approximate surface area is 171 Å². The Hall–Kier alpha value is -3.22. The van der Waals surface area contributed by atoms with Crippen LogP contribution in [0.4, 0.5) is 5.69 Å². The summed E-state index contributed by atoms with van der Waals surface area (Å²) >= 11 is 1.34. The van der Waals surface area contributed by atoms with Crippen LogP contribution < -0.4 is 4.72 Å². The first-order chi connectivity index (χ1) is 13.9. The van der Waals surface area contributed by atoms with Crippen molar-refractivity contribution in [2.45, 2.75) is 23.7 Å². The Bertz CT molecular complexity index is 1240. The summed E-state index contributed by atoms with van der Waals surface area (Å²) in [4.78, 5) is 15.5. The summed E-state index contributed by atoms with van der Waals surface area (Å²) in [7, 11) is -4.09. The molecule has 0 spiro atoms. The molecule has 3 aromatic rings. The highest BCUT2D eigenvalue weighted by Crippen LogP contribution is 2.43. The van der Waals surface area contributed by atoms with E-state index < -0.39 is 16.0 Å². The van der Waals surface area contributed by atoms with Gasteiger partial charge in [0.25, 0.3) is 10.0 Å². The van der Waals surface area contributed by atoms with E-state index >= 15 is 0 Å². The summed E-state index contributed by atoms with van der Waals surface area (Å²) < 4.78 is 29.0. The van der Waals surface area contributed by atoms with Crippen molar-refractivity contribution in [1.82, 2.24) is 4.98 Å². The maximum atomic E-state index is 13.2. The zero-order chi connectivity index (χ0) is 20.6. The van der Waals surface area contributed by atoms with Gasteiger partial charge in [0, 0.05) is 17.1 Å². The number of rotatable bonds is 6. The van der Waals surface area contributed by atoms with Gasteiger partial charge in [-0.1, -0.05) is 6.07 Å². The molecule has 1 heterocycles. The third-order valence-electron chi connectivity index (χ3n) is 4.62. The molecule has 0 atom stereocenters. The number of carboxylic acid groups (broad SMARTS) is 1. The Morgan fingerprint density at radius 3 is 2.66 bits per heavy atom. The van der Waals surface area contributed by atoms with Crippen molar-refractivity contribution in [3.63, 3.8) is 0 Å².